The Morgan fingerprint density at radius 1 is 1.27 bits per heavy atom. The third-order valence-corrected chi connectivity index (χ3v) is 7.03. The molecule has 1 aliphatic rings. The number of thioether (sulfide) groups is 1. The van der Waals surface area contributed by atoms with Crippen molar-refractivity contribution < 1.29 is 27.5 Å². The van der Waals surface area contributed by atoms with Gasteiger partial charge in [-0.15, -0.1) is 11.8 Å². The predicted octanol–water partition coefficient (Wildman–Crippen LogP) is 0.967. The van der Waals surface area contributed by atoms with Crippen molar-refractivity contribution >= 4 is 39.5 Å². The molecule has 2 rings (SSSR count). The van der Waals surface area contributed by atoms with Gasteiger partial charge in [-0.2, -0.15) is 0 Å². The van der Waals surface area contributed by atoms with E-state index >= 15 is 0 Å². The molecule has 0 saturated carbocycles. The molecule has 10 heteroatoms. The van der Waals surface area contributed by atoms with Crippen molar-refractivity contribution in [1.82, 2.24) is 10.6 Å². The van der Waals surface area contributed by atoms with Crippen molar-refractivity contribution in [2.24, 2.45) is 0 Å². The van der Waals surface area contributed by atoms with E-state index in [2.05, 4.69) is 5.32 Å². The maximum atomic E-state index is 12.4. The van der Waals surface area contributed by atoms with Gasteiger partial charge in [0.05, 0.1) is 17.1 Å². The van der Waals surface area contributed by atoms with Gasteiger partial charge >= 0.3 is 12.0 Å². The Morgan fingerprint density at radius 3 is 2.58 bits per heavy atom. The van der Waals surface area contributed by atoms with Crippen LogP contribution in [0.25, 0.3) is 0 Å². The summed E-state index contributed by atoms with van der Waals surface area (Å²) in [6, 6.07) is 5.96. The standard InChI is InChI=1S/C16H20N2O6S2/c1-10(14(19)18-16(21)17-2)24-15(20)12-5-3-4-6-13(12)25-11-7-8-26(22,23)9-11/h3-6,10-11H,7-9H2,1-2H3,(H2,17,18,19,21)/t10-,11-/m1/s1. The summed E-state index contributed by atoms with van der Waals surface area (Å²) in [6.45, 7) is 1.36. The molecule has 26 heavy (non-hydrogen) atoms. The summed E-state index contributed by atoms with van der Waals surface area (Å²) in [6.07, 6.45) is -0.633. The number of amides is 3. The second-order valence-corrected chi connectivity index (χ2v) is 9.33. The minimum Gasteiger partial charge on any atom is -0.449 e. The van der Waals surface area contributed by atoms with Gasteiger partial charge in [-0.1, -0.05) is 12.1 Å². The highest BCUT2D eigenvalue weighted by molar-refractivity contribution is 8.02. The molecule has 2 atom stereocenters. The summed E-state index contributed by atoms with van der Waals surface area (Å²) in [4.78, 5) is 35.9. The topological polar surface area (TPSA) is 119 Å². The molecular formula is C16H20N2O6S2. The van der Waals surface area contributed by atoms with Crippen molar-refractivity contribution in [1.29, 1.82) is 0 Å². The third-order valence-electron chi connectivity index (χ3n) is 3.71. The molecule has 0 aliphatic carbocycles. The van der Waals surface area contributed by atoms with Crippen molar-refractivity contribution in [2.45, 2.75) is 29.6 Å². The van der Waals surface area contributed by atoms with Gasteiger partial charge in [0, 0.05) is 17.2 Å². The lowest BCUT2D eigenvalue weighted by atomic mass is 10.2. The summed E-state index contributed by atoms with van der Waals surface area (Å²) >= 11 is 1.31. The van der Waals surface area contributed by atoms with Gasteiger partial charge < -0.3 is 10.1 Å². The Morgan fingerprint density at radius 2 is 1.96 bits per heavy atom. The fourth-order valence-corrected chi connectivity index (χ4v) is 5.94. The molecular weight excluding hydrogens is 380 g/mol. The summed E-state index contributed by atoms with van der Waals surface area (Å²) < 4.78 is 28.3. The van der Waals surface area contributed by atoms with E-state index in [1.165, 1.54) is 25.7 Å². The van der Waals surface area contributed by atoms with Gasteiger partial charge in [0.2, 0.25) is 0 Å². The summed E-state index contributed by atoms with van der Waals surface area (Å²) in [5, 5.41) is 4.14. The van der Waals surface area contributed by atoms with E-state index in [1.807, 2.05) is 5.32 Å². The normalized spacial score (nSPS) is 19.4. The smallest absolute Gasteiger partial charge is 0.340 e. The van der Waals surface area contributed by atoms with Crippen LogP contribution in [0.3, 0.4) is 0 Å². The Bertz CT molecular complexity index is 809. The first-order valence-electron chi connectivity index (χ1n) is 7.91. The Hall–Kier alpha value is -2.07. The van der Waals surface area contributed by atoms with Crippen molar-refractivity contribution in [2.75, 3.05) is 18.6 Å². The lowest BCUT2D eigenvalue weighted by Crippen LogP contribution is -2.43. The zero-order valence-corrected chi connectivity index (χ0v) is 16.0. The van der Waals surface area contributed by atoms with Crippen LogP contribution in [0.4, 0.5) is 4.79 Å². The van der Waals surface area contributed by atoms with Crippen LogP contribution < -0.4 is 10.6 Å². The highest BCUT2D eigenvalue weighted by atomic mass is 32.2. The molecule has 1 saturated heterocycles. The molecule has 3 amide bonds. The van der Waals surface area contributed by atoms with Crippen LogP contribution in [-0.2, 0) is 19.4 Å². The van der Waals surface area contributed by atoms with Gasteiger partial charge in [0.1, 0.15) is 0 Å². The first kappa shape index (κ1) is 20.2. The van der Waals surface area contributed by atoms with E-state index in [0.717, 1.165) is 0 Å². The molecule has 0 aromatic heterocycles. The first-order valence-corrected chi connectivity index (χ1v) is 10.6. The number of ether oxygens (including phenoxy) is 1. The van der Waals surface area contributed by atoms with Crippen molar-refractivity contribution in [3.63, 3.8) is 0 Å². The highest BCUT2D eigenvalue weighted by Crippen LogP contribution is 2.33. The predicted molar refractivity (Wildman–Crippen MR) is 96.8 cm³/mol. The van der Waals surface area contributed by atoms with Gasteiger partial charge in [0.25, 0.3) is 5.91 Å². The van der Waals surface area contributed by atoms with E-state index in [9.17, 15) is 22.8 Å². The number of hydrogen-bond donors (Lipinski definition) is 2. The van der Waals surface area contributed by atoms with Crippen LogP contribution in [0.1, 0.15) is 23.7 Å². The van der Waals surface area contributed by atoms with Gasteiger partial charge in [-0.05, 0) is 25.5 Å². The number of rotatable bonds is 5. The average molecular weight is 400 g/mol. The number of hydrogen-bond acceptors (Lipinski definition) is 7. The van der Waals surface area contributed by atoms with Gasteiger partial charge in [0.15, 0.2) is 15.9 Å². The zero-order valence-electron chi connectivity index (χ0n) is 14.4. The molecule has 0 radical (unpaired) electrons. The third kappa shape index (κ3) is 5.46. The highest BCUT2D eigenvalue weighted by Gasteiger charge is 2.30. The molecule has 1 fully saturated rings. The Balaban J connectivity index is 2.05. The summed E-state index contributed by atoms with van der Waals surface area (Å²) in [5.74, 6) is -1.24. The number of benzene rings is 1. The number of imide groups is 1. The second-order valence-electron chi connectivity index (χ2n) is 5.75. The minimum absolute atomic E-state index is 0.0754. The Labute approximate surface area is 156 Å². The lowest BCUT2D eigenvalue weighted by molar-refractivity contribution is -0.127. The molecule has 0 bridgehead atoms. The molecule has 1 heterocycles. The SMILES string of the molecule is CNC(=O)NC(=O)[C@@H](C)OC(=O)c1ccccc1S[C@@H]1CCS(=O)(=O)C1. The zero-order chi connectivity index (χ0) is 19.3. The van der Waals surface area contributed by atoms with Crippen LogP contribution in [0.15, 0.2) is 29.2 Å². The van der Waals surface area contributed by atoms with E-state index in [1.54, 1.807) is 24.3 Å². The van der Waals surface area contributed by atoms with Crippen LogP contribution in [-0.4, -0.2) is 56.2 Å². The fraction of sp³-hybridized carbons (Fsp3) is 0.438. The molecule has 1 aliphatic heterocycles. The Kier molecular flexibility index (Phi) is 6.65. The van der Waals surface area contributed by atoms with Crippen LogP contribution in [0.2, 0.25) is 0 Å². The second kappa shape index (κ2) is 8.54. The average Bonchev–Trinajstić information content (AvgIpc) is 2.93. The first-order chi connectivity index (χ1) is 12.2. The number of nitrogens with one attached hydrogen (secondary N) is 2. The number of carbonyl (C=O) groups is 3. The quantitative estimate of drug-likeness (QED) is 0.707. The van der Waals surface area contributed by atoms with E-state index in [-0.39, 0.29) is 22.3 Å². The van der Waals surface area contributed by atoms with Crippen LogP contribution in [0, 0.1) is 0 Å². The van der Waals surface area contributed by atoms with Crippen LogP contribution in [0.5, 0.6) is 0 Å². The number of esters is 1. The molecule has 1 aromatic carbocycles. The molecule has 0 spiro atoms. The number of carbonyl (C=O) groups excluding carboxylic acids is 3. The molecule has 0 unspecified atom stereocenters. The van der Waals surface area contributed by atoms with Crippen molar-refractivity contribution in [3.8, 4) is 0 Å². The molecule has 8 nitrogen and oxygen atoms in total. The number of urea groups is 1. The lowest BCUT2D eigenvalue weighted by Gasteiger charge is -2.15. The van der Waals surface area contributed by atoms with Gasteiger partial charge in [-0.3, -0.25) is 10.1 Å². The van der Waals surface area contributed by atoms with E-state index < -0.39 is 33.8 Å². The minimum atomic E-state index is -3.02. The summed E-state index contributed by atoms with van der Waals surface area (Å²) in [5.41, 5.74) is 0.251. The van der Waals surface area contributed by atoms with E-state index in [0.29, 0.717) is 11.3 Å². The number of sulfone groups is 1. The molecule has 1 aromatic rings. The van der Waals surface area contributed by atoms with Crippen molar-refractivity contribution in [3.05, 3.63) is 29.8 Å². The fourth-order valence-electron chi connectivity index (χ4n) is 2.33. The molecule has 2 N–H and O–H groups in total. The van der Waals surface area contributed by atoms with Crippen LogP contribution >= 0.6 is 11.8 Å². The maximum Gasteiger partial charge on any atom is 0.340 e. The van der Waals surface area contributed by atoms with Gasteiger partial charge in [-0.25, -0.2) is 18.0 Å². The molecule has 142 valence electrons. The summed E-state index contributed by atoms with van der Waals surface area (Å²) in [7, 11) is -1.66. The van der Waals surface area contributed by atoms with E-state index in [4.69, 9.17) is 4.74 Å². The maximum absolute atomic E-state index is 12.4. The largest absolute Gasteiger partial charge is 0.449 e. The monoisotopic (exact) mass is 400 g/mol.